The molecule has 0 heterocycles. The van der Waals surface area contributed by atoms with Crippen LogP contribution in [0.4, 0.5) is 4.79 Å². The molecule has 2 aromatic carbocycles. The Balaban J connectivity index is 1.21. The van der Waals surface area contributed by atoms with Crippen LogP contribution in [0.5, 0.6) is 0 Å². The number of carbonyl (C=O) groups excluding carboxylic acids is 2. The molecular weight excluding hydrogens is 408 g/mol. The minimum Gasteiger partial charge on any atom is -0.481 e. The molecule has 2 amide bonds. The van der Waals surface area contributed by atoms with Crippen LogP contribution >= 0.6 is 0 Å². The number of benzene rings is 2. The number of hydrogen-bond acceptors (Lipinski definition) is 4. The summed E-state index contributed by atoms with van der Waals surface area (Å²) < 4.78 is 5.50. The van der Waals surface area contributed by atoms with E-state index in [1.165, 1.54) is 11.1 Å². The van der Waals surface area contributed by atoms with Gasteiger partial charge in [-0.3, -0.25) is 9.59 Å². The van der Waals surface area contributed by atoms with E-state index in [0.717, 1.165) is 24.0 Å². The summed E-state index contributed by atoms with van der Waals surface area (Å²) in [4.78, 5) is 37.1. The number of carboxylic acids is 1. The van der Waals surface area contributed by atoms with E-state index in [0.29, 0.717) is 13.0 Å². The number of aliphatic carboxylic acids is 1. The van der Waals surface area contributed by atoms with Gasteiger partial charge in [0.1, 0.15) is 6.61 Å². The van der Waals surface area contributed by atoms with Gasteiger partial charge < -0.3 is 20.1 Å². The maximum atomic E-state index is 12.4. The minimum absolute atomic E-state index is 0.0102. The first-order valence-corrected chi connectivity index (χ1v) is 11.1. The summed E-state index contributed by atoms with van der Waals surface area (Å²) >= 11 is 0. The van der Waals surface area contributed by atoms with Gasteiger partial charge in [-0.2, -0.15) is 0 Å². The topological polar surface area (TPSA) is 95.9 Å². The molecular formula is C25H28N2O5. The summed E-state index contributed by atoms with van der Waals surface area (Å²) in [6.07, 6.45) is 2.09. The van der Waals surface area contributed by atoms with Gasteiger partial charge in [0, 0.05) is 31.5 Å². The van der Waals surface area contributed by atoms with E-state index < -0.39 is 12.1 Å². The lowest BCUT2D eigenvalue weighted by Gasteiger charge is -2.21. The second-order valence-corrected chi connectivity index (χ2v) is 8.32. The molecule has 4 rings (SSSR count). The summed E-state index contributed by atoms with van der Waals surface area (Å²) in [7, 11) is 0. The van der Waals surface area contributed by atoms with Gasteiger partial charge in [-0.05, 0) is 41.5 Å². The van der Waals surface area contributed by atoms with E-state index in [4.69, 9.17) is 9.84 Å². The van der Waals surface area contributed by atoms with Crippen LogP contribution in [0, 0.1) is 0 Å². The van der Waals surface area contributed by atoms with Gasteiger partial charge in [-0.15, -0.1) is 0 Å². The molecule has 1 fully saturated rings. The predicted molar refractivity (Wildman–Crippen MR) is 119 cm³/mol. The Bertz CT molecular complexity index is 956. The fourth-order valence-corrected chi connectivity index (χ4v) is 4.34. The van der Waals surface area contributed by atoms with Gasteiger partial charge in [0.15, 0.2) is 0 Å². The number of fused-ring (bicyclic) bond motifs is 3. The highest BCUT2D eigenvalue weighted by Gasteiger charge is 2.32. The van der Waals surface area contributed by atoms with Crippen LogP contribution in [0.15, 0.2) is 48.5 Å². The highest BCUT2D eigenvalue weighted by atomic mass is 16.5. The summed E-state index contributed by atoms with van der Waals surface area (Å²) in [5, 5.41) is 11.6. The average molecular weight is 437 g/mol. The van der Waals surface area contributed by atoms with Crippen LogP contribution in [0.2, 0.25) is 0 Å². The Morgan fingerprint density at radius 1 is 0.969 bits per heavy atom. The molecule has 2 N–H and O–H groups in total. The maximum absolute atomic E-state index is 12.4. The van der Waals surface area contributed by atoms with Crippen molar-refractivity contribution in [2.75, 3.05) is 19.7 Å². The summed E-state index contributed by atoms with van der Waals surface area (Å²) in [5.74, 6) is -0.945. The van der Waals surface area contributed by atoms with Gasteiger partial charge in [-0.25, -0.2) is 4.79 Å². The van der Waals surface area contributed by atoms with Crippen molar-refractivity contribution in [2.45, 2.75) is 44.1 Å². The lowest BCUT2D eigenvalue weighted by Crippen LogP contribution is -2.35. The van der Waals surface area contributed by atoms with E-state index in [2.05, 4.69) is 29.6 Å². The standard InChI is InChI=1S/C25H28N2O5/c28-23(27(17-11-12-17)15-13-24(29)30)10-5-14-26-25(31)32-16-22-20-8-3-1-6-18(20)19-7-2-4-9-21(19)22/h1-4,6-9,17,22H,5,10-16H2,(H,26,31)(H,29,30). The van der Waals surface area contributed by atoms with Crippen LogP contribution in [0.3, 0.4) is 0 Å². The van der Waals surface area contributed by atoms with Crippen molar-refractivity contribution in [1.82, 2.24) is 10.2 Å². The van der Waals surface area contributed by atoms with Crippen molar-refractivity contribution in [3.63, 3.8) is 0 Å². The van der Waals surface area contributed by atoms with Crippen molar-refractivity contribution in [1.29, 1.82) is 0 Å². The number of hydrogen-bond donors (Lipinski definition) is 2. The van der Waals surface area contributed by atoms with Crippen LogP contribution in [-0.2, 0) is 14.3 Å². The number of ether oxygens (including phenoxy) is 1. The minimum atomic E-state index is -0.902. The number of alkyl carbamates (subject to hydrolysis) is 1. The van der Waals surface area contributed by atoms with E-state index in [-0.39, 0.29) is 43.9 Å². The predicted octanol–water partition coefficient (Wildman–Crippen LogP) is 3.77. The van der Waals surface area contributed by atoms with Gasteiger partial charge in [-0.1, -0.05) is 48.5 Å². The van der Waals surface area contributed by atoms with Gasteiger partial charge in [0.25, 0.3) is 0 Å². The summed E-state index contributed by atoms with van der Waals surface area (Å²) in [6.45, 7) is 0.835. The first-order chi connectivity index (χ1) is 15.5. The van der Waals surface area contributed by atoms with Crippen LogP contribution in [-0.4, -0.2) is 53.7 Å². The van der Waals surface area contributed by atoms with Crippen LogP contribution < -0.4 is 5.32 Å². The fourth-order valence-electron chi connectivity index (χ4n) is 4.34. The molecule has 0 spiro atoms. The Kier molecular flexibility index (Phi) is 6.73. The molecule has 0 unspecified atom stereocenters. The number of nitrogens with one attached hydrogen (secondary N) is 1. The van der Waals surface area contributed by atoms with Crippen LogP contribution in [0.25, 0.3) is 11.1 Å². The van der Waals surface area contributed by atoms with E-state index in [1.54, 1.807) is 4.90 Å². The molecule has 0 atom stereocenters. The summed E-state index contributed by atoms with van der Waals surface area (Å²) in [5.41, 5.74) is 4.68. The van der Waals surface area contributed by atoms with E-state index in [9.17, 15) is 14.4 Å². The third-order valence-corrected chi connectivity index (χ3v) is 6.05. The largest absolute Gasteiger partial charge is 0.481 e. The SMILES string of the molecule is O=C(O)CCN(C(=O)CCCNC(=O)OCC1c2ccccc2-c2ccccc21)C1CC1. The van der Waals surface area contributed by atoms with Gasteiger partial charge >= 0.3 is 12.1 Å². The first kappa shape index (κ1) is 21.9. The van der Waals surface area contributed by atoms with E-state index in [1.807, 2.05) is 24.3 Å². The zero-order valence-corrected chi connectivity index (χ0v) is 18.0. The van der Waals surface area contributed by atoms with E-state index >= 15 is 0 Å². The van der Waals surface area contributed by atoms with Crippen molar-refractivity contribution >= 4 is 18.0 Å². The fraction of sp³-hybridized carbons (Fsp3) is 0.400. The number of amides is 2. The number of nitrogens with zero attached hydrogens (tertiary/aromatic N) is 1. The van der Waals surface area contributed by atoms with Gasteiger partial charge in [0.05, 0.1) is 6.42 Å². The highest BCUT2D eigenvalue weighted by Crippen LogP contribution is 2.44. The number of carboxylic acid groups (broad SMARTS) is 1. The molecule has 0 saturated heterocycles. The number of carbonyl (C=O) groups is 3. The normalized spacial score (nSPS) is 14.4. The molecule has 7 nitrogen and oxygen atoms in total. The maximum Gasteiger partial charge on any atom is 0.407 e. The zero-order chi connectivity index (χ0) is 22.5. The third-order valence-electron chi connectivity index (χ3n) is 6.05. The Morgan fingerprint density at radius 2 is 1.59 bits per heavy atom. The quantitative estimate of drug-likeness (QED) is 0.553. The van der Waals surface area contributed by atoms with Crippen molar-refractivity contribution in [2.24, 2.45) is 0 Å². The third kappa shape index (κ3) is 5.10. The second-order valence-electron chi connectivity index (χ2n) is 8.32. The van der Waals surface area contributed by atoms with Crippen molar-refractivity contribution in [3.8, 4) is 11.1 Å². The monoisotopic (exact) mass is 436 g/mol. The van der Waals surface area contributed by atoms with Crippen LogP contribution in [0.1, 0.15) is 49.1 Å². The molecule has 32 heavy (non-hydrogen) atoms. The highest BCUT2D eigenvalue weighted by molar-refractivity contribution is 5.79. The molecule has 0 radical (unpaired) electrons. The van der Waals surface area contributed by atoms with Gasteiger partial charge in [0.2, 0.25) is 5.91 Å². The molecule has 0 aromatic heterocycles. The molecule has 1 saturated carbocycles. The lowest BCUT2D eigenvalue weighted by molar-refractivity contribution is -0.138. The molecule has 2 aliphatic carbocycles. The Morgan fingerprint density at radius 3 is 2.19 bits per heavy atom. The molecule has 168 valence electrons. The first-order valence-electron chi connectivity index (χ1n) is 11.1. The molecule has 7 heteroatoms. The molecule has 0 aliphatic heterocycles. The molecule has 2 aromatic rings. The Hall–Kier alpha value is -3.35. The second kappa shape index (κ2) is 9.85. The summed E-state index contributed by atoms with van der Waals surface area (Å²) in [6, 6.07) is 16.5. The smallest absolute Gasteiger partial charge is 0.407 e. The average Bonchev–Trinajstić information content (AvgIpc) is 3.57. The Labute approximate surface area is 187 Å². The lowest BCUT2D eigenvalue weighted by atomic mass is 9.98. The number of rotatable bonds is 10. The van der Waals surface area contributed by atoms with Crippen molar-refractivity contribution < 1.29 is 24.2 Å². The zero-order valence-electron chi connectivity index (χ0n) is 18.0. The molecule has 0 bridgehead atoms. The molecule has 2 aliphatic rings. The van der Waals surface area contributed by atoms with Crippen molar-refractivity contribution in [3.05, 3.63) is 59.7 Å².